The topological polar surface area (TPSA) is 47.3 Å². The number of oxazole rings is 1. The summed E-state index contributed by atoms with van der Waals surface area (Å²) >= 11 is 0. The Bertz CT molecular complexity index is 424. The van der Waals surface area contributed by atoms with Gasteiger partial charge < -0.3 is 14.5 Å². The van der Waals surface area contributed by atoms with Crippen molar-refractivity contribution in [3.63, 3.8) is 0 Å². The molecule has 0 amide bonds. The monoisotopic (exact) mass is 264 g/mol. The molecule has 1 N–H and O–H groups in total. The number of aromatic nitrogens is 1. The van der Waals surface area contributed by atoms with Gasteiger partial charge >= 0.3 is 0 Å². The van der Waals surface area contributed by atoms with Crippen molar-refractivity contribution in [3.8, 4) is 0 Å². The first-order chi connectivity index (χ1) is 9.17. The lowest BCUT2D eigenvalue weighted by atomic mass is 9.98. The number of nitrogens with zero attached hydrogens (tertiary/aromatic N) is 1. The lowest BCUT2D eigenvalue weighted by Crippen LogP contribution is -2.32. The van der Waals surface area contributed by atoms with Crippen molar-refractivity contribution >= 4 is 0 Å². The summed E-state index contributed by atoms with van der Waals surface area (Å²) in [6.07, 6.45) is 9.76. The largest absolute Gasteiger partial charge is 0.444 e. The van der Waals surface area contributed by atoms with Crippen LogP contribution in [0, 0.1) is 6.92 Å². The van der Waals surface area contributed by atoms with Crippen molar-refractivity contribution in [2.24, 2.45) is 0 Å². The average molecular weight is 264 g/mol. The Labute approximate surface area is 114 Å². The third-order valence-corrected chi connectivity index (χ3v) is 4.51. The molecular formula is C15H24N2O2. The number of hydrogen-bond donors (Lipinski definition) is 1. The molecule has 1 spiro atoms. The highest BCUT2D eigenvalue weighted by molar-refractivity contribution is 4.96. The summed E-state index contributed by atoms with van der Waals surface area (Å²) in [5.41, 5.74) is 0.231. The highest BCUT2D eigenvalue weighted by atomic mass is 16.5. The standard InChI is InChI=1S/C15H24N2O2/c1-11-9-17-14(18-11)12(2)16-10-13-5-8-15(19-13)6-3-4-7-15/h9,12-13,16H,3-8,10H2,1-2H3. The van der Waals surface area contributed by atoms with E-state index in [0.717, 1.165) is 18.2 Å². The van der Waals surface area contributed by atoms with E-state index in [1.807, 2.05) is 6.92 Å². The third-order valence-electron chi connectivity index (χ3n) is 4.51. The summed E-state index contributed by atoms with van der Waals surface area (Å²) in [7, 11) is 0. The predicted molar refractivity (Wildman–Crippen MR) is 73.0 cm³/mol. The van der Waals surface area contributed by atoms with Crippen LogP contribution in [0.15, 0.2) is 10.6 Å². The van der Waals surface area contributed by atoms with Crippen molar-refractivity contribution in [1.82, 2.24) is 10.3 Å². The molecule has 0 radical (unpaired) electrons. The maximum absolute atomic E-state index is 6.29. The van der Waals surface area contributed by atoms with Gasteiger partial charge in [0.15, 0.2) is 0 Å². The van der Waals surface area contributed by atoms with Crippen molar-refractivity contribution in [2.45, 2.75) is 70.1 Å². The normalized spacial score (nSPS) is 27.2. The molecule has 2 heterocycles. The van der Waals surface area contributed by atoms with E-state index in [2.05, 4.69) is 17.2 Å². The van der Waals surface area contributed by atoms with E-state index in [1.165, 1.54) is 38.5 Å². The fraction of sp³-hybridized carbons (Fsp3) is 0.800. The fourth-order valence-electron chi connectivity index (χ4n) is 3.39. The van der Waals surface area contributed by atoms with E-state index in [9.17, 15) is 0 Å². The molecule has 0 bridgehead atoms. The highest BCUT2D eigenvalue weighted by Gasteiger charge is 2.41. The van der Waals surface area contributed by atoms with Crippen LogP contribution in [0.1, 0.15) is 63.1 Å². The molecule has 1 aliphatic carbocycles. The molecule has 1 saturated heterocycles. The van der Waals surface area contributed by atoms with Crippen molar-refractivity contribution in [1.29, 1.82) is 0 Å². The van der Waals surface area contributed by atoms with Crippen LogP contribution < -0.4 is 5.32 Å². The Morgan fingerprint density at radius 2 is 2.21 bits per heavy atom. The second-order valence-corrected chi connectivity index (χ2v) is 6.11. The molecule has 1 aromatic rings. The van der Waals surface area contributed by atoms with Crippen LogP contribution in [-0.4, -0.2) is 23.2 Å². The van der Waals surface area contributed by atoms with E-state index in [0.29, 0.717) is 6.10 Å². The molecule has 106 valence electrons. The Morgan fingerprint density at radius 1 is 1.42 bits per heavy atom. The maximum atomic E-state index is 6.29. The summed E-state index contributed by atoms with van der Waals surface area (Å²) in [6, 6.07) is 0.150. The Morgan fingerprint density at radius 3 is 2.89 bits per heavy atom. The molecule has 2 atom stereocenters. The lowest BCUT2D eigenvalue weighted by molar-refractivity contribution is -0.0359. The highest BCUT2D eigenvalue weighted by Crippen LogP contribution is 2.43. The SMILES string of the molecule is Cc1cnc(C(C)NCC2CCC3(CCCC3)O2)o1. The van der Waals surface area contributed by atoms with E-state index in [1.54, 1.807) is 6.20 Å². The first kappa shape index (κ1) is 13.1. The maximum Gasteiger partial charge on any atom is 0.211 e. The number of aryl methyl sites for hydroxylation is 1. The van der Waals surface area contributed by atoms with E-state index in [4.69, 9.17) is 9.15 Å². The number of nitrogens with one attached hydrogen (secondary N) is 1. The van der Waals surface area contributed by atoms with Gasteiger partial charge in [0.1, 0.15) is 5.76 Å². The van der Waals surface area contributed by atoms with Crippen LogP contribution in [0.4, 0.5) is 0 Å². The fourth-order valence-corrected chi connectivity index (χ4v) is 3.39. The minimum absolute atomic E-state index is 0.150. The first-order valence-corrected chi connectivity index (χ1v) is 7.50. The minimum Gasteiger partial charge on any atom is -0.444 e. The third kappa shape index (κ3) is 2.84. The van der Waals surface area contributed by atoms with E-state index < -0.39 is 0 Å². The Balaban J connectivity index is 1.48. The van der Waals surface area contributed by atoms with Gasteiger partial charge in [0, 0.05) is 6.54 Å². The van der Waals surface area contributed by atoms with Gasteiger partial charge in [0.2, 0.25) is 5.89 Å². The van der Waals surface area contributed by atoms with Gasteiger partial charge in [-0.05, 0) is 39.5 Å². The van der Waals surface area contributed by atoms with Crippen LogP contribution in [-0.2, 0) is 4.74 Å². The van der Waals surface area contributed by atoms with Crippen molar-refractivity contribution in [2.75, 3.05) is 6.54 Å². The predicted octanol–water partition coefficient (Wildman–Crippen LogP) is 3.13. The smallest absolute Gasteiger partial charge is 0.211 e. The van der Waals surface area contributed by atoms with Crippen LogP contribution in [0.2, 0.25) is 0 Å². The summed E-state index contributed by atoms with van der Waals surface area (Å²) in [5.74, 6) is 1.64. The molecule has 1 saturated carbocycles. The molecule has 4 nitrogen and oxygen atoms in total. The van der Waals surface area contributed by atoms with Gasteiger partial charge in [-0.3, -0.25) is 0 Å². The summed E-state index contributed by atoms with van der Waals surface area (Å²) in [6.45, 7) is 4.91. The van der Waals surface area contributed by atoms with Crippen LogP contribution in [0.25, 0.3) is 0 Å². The zero-order chi connectivity index (χ0) is 13.3. The van der Waals surface area contributed by atoms with Crippen molar-refractivity contribution in [3.05, 3.63) is 17.8 Å². The first-order valence-electron chi connectivity index (χ1n) is 7.50. The molecule has 0 aromatic carbocycles. The van der Waals surface area contributed by atoms with Gasteiger partial charge in [-0.15, -0.1) is 0 Å². The number of rotatable bonds is 4. The second-order valence-electron chi connectivity index (χ2n) is 6.11. The molecule has 19 heavy (non-hydrogen) atoms. The molecule has 3 rings (SSSR count). The molecule has 2 fully saturated rings. The molecular weight excluding hydrogens is 240 g/mol. The van der Waals surface area contributed by atoms with E-state index in [-0.39, 0.29) is 11.6 Å². The quantitative estimate of drug-likeness (QED) is 0.907. The van der Waals surface area contributed by atoms with Gasteiger partial charge in [0.05, 0.1) is 23.9 Å². The van der Waals surface area contributed by atoms with Crippen molar-refractivity contribution < 1.29 is 9.15 Å². The average Bonchev–Trinajstić information content (AvgIpc) is 3.10. The molecule has 4 heteroatoms. The Kier molecular flexibility index (Phi) is 3.63. The van der Waals surface area contributed by atoms with Crippen LogP contribution >= 0.6 is 0 Å². The molecule has 1 aromatic heterocycles. The molecule has 2 aliphatic rings. The van der Waals surface area contributed by atoms with Crippen LogP contribution in [0.3, 0.4) is 0 Å². The van der Waals surface area contributed by atoms with Gasteiger partial charge in [-0.25, -0.2) is 4.98 Å². The zero-order valence-electron chi connectivity index (χ0n) is 11.9. The summed E-state index contributed by atoms with van der Waals surface area (Å²) in [4.78, 5) is 4.26. The zero-order valence-corrected chi connectivity index (χ0v) is 11.9. The lowest BCUT2D eigenvalue weighted by Gasteiger charge is -2.24. The summed E-state index contributed by atoms with van der Waals surface area (Å²) < 4.78 is 11.8. The minimum atomic E-state index is 0.150. The Hall–Kier alpha value is -0.870. The number of hydrogen-bond acceptors (Lipinski definition) is 4. The molecule has 2 unspecified atom stereocenters. The molecule has 1 aliphatic heterocycles. The van der Waals surface area contributed by atoms with Gasteiger partial charge in [-0.1, -0.05) is 12.8 Å². The number of ether oxygens (including phenoxy) is 1. The van der Waals surface area contributed by atoms with Gasteiger partial charge in [-0.2, -0.15) is 0 Å². The van der Waals surface area contributed by atoms with E-state index >= 15 is 0 Å². The summed E-state index contributed by atoms with van der Waals surface area (Å²) in [5, 5.41) is 3.48. The van der Waals surface area contributed by atoms with Gasteiger partial charge in [0.25, 0.3) is 0 Å². The second kappa shape index (κ2) is 5.25. The van der Waals surface area contributed by atoms with Crippen LogP contribution in [0.5, 0.6) is 0 Å².